The highest BCUT2D eigenvalue weighted by Gasteiger charge is 2.59. The second kappa shape index (κ2) is 7.67. The highest BCUT2D eigenvalue weighted by atomic mass is 19.2. The van der Waals surface area contributed by atoms with Crippen molar-refractivity contribution in [3.63, 3.8) is 0 Å². The third-order valence-corrected chi connectivity index (χ3v) is 6.89. The maximum atomic E-state index is 13.9. The number of benzene rings is 1. The van der Waals surface area contributed by atoms with E-state index in [-0.39, 0.29) is 29.3 Å². The maximum absolute atomic E-state index is 13.9. The van der Waals surface area contributed by atoms with Crippen LogP contribution in [-0.2, 0) is 11.3 Å². The Bertz CT molecular complexity index is 749. The van der Waals surface area contributed by atoms with Crippen molar-refractivity contribution < 1.29 is 18.0 Å². The van der Waals surface area contributed by atoms with Crippen LogP contribution in [0.2, 0.25) is 0 Å². The summed E-state index contributed by atoms with van der Waals surface area (Å²) in [7, 11) is 2.09. The van der Waals surface area contributed by atoms with Gasteiger partial charge in [-0.2, -0.15) is 0 Å². The molecular formula is C21H28F3N3O. The Hall–Kier alpha value is -1.60. The molecule has 0 N–H and O–H groups in total. The van der Waals surface area contributed by atoms with Crippen LogP contribution in [0, 0.1) is 28.8 Å². The maximum Gasteiger partial charge on any atom is 0.226 e. The average molecular weight is 395 g/mol. The quantitative estimate of drug-likeness (QED) is 0.737. The molecule has 0 radical (unpaired) electrons. The number of rotatable bonds is 3. The molecule has 1 aliphatic carbocycles. The third kappa shape index (κ3) is 3.79. The number of likely N-dealkylation sites (N-methyl/N-ethyl adjacent to an activating group) is 1. The van der Waals surface area contributed by atoms with Gasteiger partial charge >= 0.3 is 0 Å². The van der Waals surface area contributed by atoms with E-state index in [4.69, 9.17) is 0 Å². The summed E-state index contributed by atoms with van der Waals surface area (Å²) in [6, 6.07) is 1.80. The van der Waals surface area contributed by atoms with Crippen molar-refractivity contribution in [3.05, 3.63) is 35.1 Å². The van der Waals surface area contributed by atoms with Gasteiger partial charge in [0.05, 0.1) is 0 Å². The normalized spacial score (nSPS) is 25.7. The van der Waals surface area contributed by atoms with Gasteiger partial charge in [0.15, 0.2) is 11.6 Å². The molecule has 28 heavy (non-hydrogen) atoms. The molecule has 1 unspecified atom stereocenters. The van der Waals surface area contributed by atoms with E-state index in [1.807, 2.05) is 9.80 Å². The number of hydrogen-bond acceptors (Lipinski definition) is 3. The van der Waals surface area contributed by atoms with Crippen LogP contribution in [0.5, 0.6) is 0 Å². The molecule has 1 spiro atoms. The standard InChI is InChI=1S/C21H28F3N3O/c1-25-7-2-8-27(12-11-25)20(28)16-13-21(16)5-9-26(10-6-21)14-15-17(22)3-4-18(23)19(15)24/h3-4,16H,2,5-14H2,1H3. The van der Waals surface area contributed by atoms with Crippen molar-refractivity contribution in [2.45, 2.75) is 32.2 Å². The van der Waals surface area contributed by atoms with Gasteiger partial charge in [0.1, 0.15) is 5.82 Å². The van der Waals surface area contributed by atoms with E-state index in [1.54, 1.807) is 0 Å². The lowest BCUT2D eigenvalue weighted by molar-refractivity contribution is -0.133. The van der Waals surface area contributed by atoms with Crippen molar-refractivity contribution in [1.29, 1.82) is 0 Å². The Morgan fingerprint density at radius 1 is 1.04 bits per heavy atom. The molecule has 0 aromatic heterocycles. The van der Waals surface area contributed by atoms with Crippen LogP contribution in [0.4, 0.5) is 13.2 Å². The molecule has 4 nitrogen and oxygen atoms in total. The van der Waals surface area contributed by atoms with Crippen LogP contribution in [0.3, 0.4) is 0 Å². The van der Waals surface area contributed by atoms with Crippen molar-refractivity contribution >= 4 is 5.91 Å². The summed E-state index contributed by atoms with van der Waals surface area (Å²) in [5.74, 6) is -2.43. The van der Waals surface area contributed by atoms with E-state index in [1.165, 1.54) is 0 Å². The minimum Gasteiger partial charge on any atom is -0.341 e. The van der Waals surface area contributed by atoms with Crippen LogP contribution < -0.4 is 0 Å². The summed E-state index contributed by atoms with van der Waals surface area (Å²) in [4.78, 5) is 19.2. The fourth-order valence-electron chi connectivity index (χ4n) is 4.83. The molecule has 4 rings (SSSR count). The van der Waals surface area contributed by atoms with Gasteiger partial charge in [0.2, 0.25) is 5.91 Å². The van der Waals surface area contributed by atoms with Crippen molar-refractivity contribution in [3.8, 4) is 0 Å². The average Bonchev–Trinajstić information content (AvgIpc) is 3.43. The Labute approximate surface area is 164 Å². The number of hydrogen-bond donors (Lipinski definition) is 0. The zero-order chi connectivity index (χ0) is 19.9. The summed E-state index contributed by atoms with van der Waals surface area (Å²) in [6.45, 7) is 5.02. The van der Waals surface area contributed by atoms with E-state index in [9.17, 15) is 18.0 Å². The minimum absolute atomic E-state index is 0.0603. The number of nitrogens with zero attached hydrogens (tertiary/aromatic N) is 3. The predicted octanol–water partition coefficient (Wildman–Crippen LogP) is 2.87. The van der Waals surface area contributed by atoms with Gasteiger partial charge in [-0.05, 0) is 69.9 Å². The van der Waals surface area contributed by atoms with E-state index >= 15 is 0 Å². The first-order valence-corrected chi connectivity index (χ1v) is 10.2. The fourth-order valence-corrected chi connectivity index (χ4v) is 4.83. The van der Waals surface area contributed by atoms with Crippen LogP contribution in [0.25, 0.3) is 0 Å². The molecule has 7 heteroatoms. The van der Waals surface area contributed by atoms with Crippen molar-refractivity contribution in [1.82, 2.24) is 14.7 Å². The molecule has 2 heterocycles. The molecule has 3 aliphatic rings. The number of carbonyl (C=O) groups excluding carboxylic acids is 1. The summed E-state index contributed by atoms with van der Waals surface area (Å²) in [5.41, 5.74) is -0.141. The highest BCUT2D eigenvalue weighted by molar-refractivity contribution is 5.82. The largest absolute Gasteiger partial charge is 0.341 e. The van der Waals surface area contributed by atoms with Crippen molar-refractivity contribution in [2.75, 3.05) is 46.3 Å². The van der Waals surface area contributed by atoms with Gasteiger partial charge in [0, 0.05) is 37.7 Å². The van der Waals surface area contributed by atoms with Gasteiger partial charge < -0.3 is 9.80 Å². The molecule has 1 amide bonds. The van der Waals surface area contributed by atoms with Crippen LogP contribution >= 0.6 is 0 Å². The summed E-state index contributed by atoms with van der Waals surface area (Å²) >= 11 is 0. The summed E-state index contributed by atoms with van der Waals surface area (Å²) in [6.07, 6.45) is 3.65. The van der Waals surface area contributed by atoms with E-state index in [2.05, 4.69) is 11.9 Å². The highest BCUT2D eigenvalue weighted by Crippen LogP contribution is 2.60. The lowest BCUT2D eigenvalue weighted by atomic mass is 9.90. The third-order valence-electron chi connectivity index (χ3n) is 6.89. The topological polar surface area (TPSA) is 26.8 Å². The van der Waals surface area contributed by atoms with Crippen molar-refractivity contribution in [2.24, 2.45) is 11.3 Å². The Kier molecular flexibility index (Phi) is 5.40. The Balaban J connectivity index is 1.33. The molecule has 2 aliphatic heterocycles. The zero-order valence-corrected chi connectivity index (χ0v) is 16.4. The molecule has 1 aromatic rings. The first kappa shape index (κ1) is 19.7. The second-order valence-corrected chi connectivity index (χ2v) is 8.70. The molecule has 1 aromatic carbocycles. The van der Waals surface area contributed by atoms with Gasteiger partial charge in [0.25, 0.3) is 0 Å². The number of carbonyl (C=O) groups is 1. The molecule has 154 valence electrons. The molecule has 3 fully saturated rings. The van der Waals surface area contributed by atoms with Crippen LogP contribution in [-0.4, -0.2) is 66.9 Å². The molecule has 0 bridgehead atoms. The van der Waals surface area contributed by atoms with E-state index < -0.39 is 17.5 Å². The minimum atomic E-state index is -1.09. The van der Waals surface area contributed by atoms with Crippen LogP contribution in [0.15, 0.2) is 12.1 Å². The van der Waals surface area contributed by atoms with Crippen LogP contribution in [0.1, 0.15) is 31.2 Å². The first-order valence-electron chi connectivity index (χ1n) is 10.2. The fraction of sp³-hybridized carbons (Fsp3) is 0.667. The number of likely N-dealkylation sites (tertiary alicyclic amines) is 1. The zero-order valence-electron chi connectivity index (χ0n) is 16.4. The molecule has 2 saturated heterocycles. The summed E-state index contributed by atoms with van der Waals surface area (Å²) in [5, 5.41) is 0. The Morgan fingerprint density at radius 2 is 1.75 bits per heavy atom. The number of amides is 1. The molecule has 1 saturated carbocycles. The SMILES string of the molecule is CN1CCCN(C(=O)C2CC23CCN(Cc2c(F)ccc(F)c2F)CC3)CC1. The second-order valence-electron chi connectivity index (χ2n) is 8.70. The monoisotopic (exact) mass is 395 g/mol. The first-order chi connectivity index (χ1) is 13.4. The predicted molar refractivity (Wildman–Crippen MR) is 100 cm³/mol. The van der Waals surface area contributed by atoms with E-state index in [0.29, 0.717) is 13.1 Å². The molecule has 1 atom stereocenters. The lowest BCUT2D eigenvalue weighted by Crippen LogP contribution is -2.39. The van der Waals surface area contributed by atoms with Gasteiger partial charge in [-0.1, -0.05) is 0 Å². The van der Waals surface area contributed by atoms with Gasteiger partial charge in [-0.15, -0.1) is 0 Å². The molecular weight excluding hydrogens is 367 g/mol. The van der Waals surface area contributed by atoms with Gasteiger partial charge in [-0.25, -0.2) is 13.2 Å². The smallest absolute Gasteiger partial charge is 0.226 e. The number of halogens is 3. The van der Waals surface area contributed by atoms with E-state index in [0.717, 1.165) is 64.0 Å². The van der Waals surface area contributed by atoms with Gasteiger partial charge in [-0.3, -0.25) is 9.69 Å². The summed E-state index contributed by atoms with van der Waals surface area (Å²) < 4.78 is 41.2. The Morgan fingerprint density at radius 3 is 2.50 bits per heavy atom. The number of piperidine rings is 1. The lowest BCUT2D eigenvalue weighted by Gasteiger charge is -2.33.